The Morgan fingerprint density at radius 3 is 2.66 bits per heavy atom. The average molecular weight is 415 g/mol. The molecule has 2 aromatic carbocycles. The molecular weight excluding hydrogens is 391 g/mol. The molecule has 0 aliphatic heterocycles. The summed E-state index contributed by atoms with van der Waals surface area (Å²) < 4.78 is 20.6. The summed E-state index contributed by atoms with van der Waals surface area (Å²) in [5.74, 6) is 0.967. The third kappa shape index (κ3) is 5.35. The van der Waals surface area contributed by atoms with Gasteiger partial charge in [0, 0.05) is 12.7 Å². The number of aryl methyl sites for hydroxylation is 1. The fourth-order valence-corrected chi connectivity index (χ4v) is 3.56. The summed E-state index contributed by atoms with van der Waals surface area (Å²) in [6.45, 7) is 3.90. The summed E-state index contributed by atoms with van der Waals surface area (Å²) in [6.07, 6.45) is 0.472. The molecule has 6 nitrogen and oxygen atoms in total. The number of thioether (sulfide) groups is 1. The first-order chi connectivity index (χ1) is 14.0. The number of anilines is 1. The minimum atomic E-state index is -0.377. The molecule has 3 rings (SSSR count). The van der Waals surface area contributed by atoms with Crippen molar-refractivity contribution in [3.8, 4) is 5.75 Å². The molecule has 8 heteroatoms. The van der Waals surface area contributed by atoms with E-state index in [0.717, 1.165) is 17.7 Å². The lowest BCUT2D eigenvalue weighted by Gasteiger charge is -2.14. The van der Waals surface area contributed by atoms with Gasteiger partial charge >= 0.3 is 0 Å². The minimum Gasteiger partial charge on any atom is -0.483 e. The van der Waals surface area contributed by atoms with Crippen molar-refractivity contribution in [1.82, 2.24) is 14.8 Å². The second-order valence-electron chi connectivity index (χ2n) is 6.46. The Bertz CT molecular complexity index is 975. The first-order valence-electron chi connectivity index (χ1n) is 9.30. The molecule has 0 saturated carbocycles. The van der Waals surface area contributed by atoms with Gasteiger partial charge in [0.25, 0.3) is 0 Å². The van der Waals surface area contributed by atoms with E-state index in [1.54, 1.807) is 16.7 Å². The van der Waals surface area contributed by atoms with Gasteiger partial charge in [0.2, 0.25) is 5.91 Å². The topological polar surface area (TPSA) is 69.0 Å². The maximum absolute atomic E-state index is 13.0. The minimum absolute atomic E-state index is 0.101. The first kappa shape index (κ1) is 20.9. The number of carbonyl (C=O) groups excluding carboxylic acids is 1. The average Bonchev–Trinajstić information content (AvgIpc) is 3.09. The quantitative estimate of drug-likeness (QED) is 0.554. The van der Waals surface area contributed by atoms with Crippen LogP contribution in [0.4, 0.5) is 10.1 Å². The van der Waals surface area contributed by atoms with Gasteiger partial charge in [-0.3, -0.25) is 4.79 Å². The van der Waals surface area contributed by atoms with Crippen molar-refractivity contribution >= 4 is 23.4 Å². The number of halogens is 1. The number of ether oxygens (including phenoxy) is 1. The summed E-state index contributed by atoms with van der Waals surface area (Å²) in [5, 5.41) is 11.9. The molecule has 1 atom stereocenters. The van der Waals surface area contributed by atoms with E-state index in [0.29, 0.717) is 16.7 Å². The van der Waals surface area contributed by atoms with Crippen LogP contribution in [0.1, 0.15) is 31.3 Å². The second kappa shape index (κ2) is 9.56. The Kier molecular flexibility index (Phi) is 6.87. The van der Waals surface area contributed by atoms with Gasteiger partial charge in [-0.15, -0.1) is 10.2 Å². The van der Waals surface area contributed by atoms with Crippen LogP contribution in [-0.4, -0.2) is 26.4 Å². The van der Waals surface area contributed by atoms with Gasteiger partial charge in [0.05, 0.1) is 5.75 Å². The summed E-state index contributed by atoms with van der Waals surface area (Å²) in [5.41, 5.74) is 1.93. The Labute approximate surface area is 173 Å². The lowest BCUT2D eigenvalue weighted by atomic mass is 10.1. The molecule has 1 unspecified atom stereocenters. The van der Waals surface area contributed by atoms with Crippen molar-refractivity contribution in [1.29, 1.82) is 0 Å². The number of benzene rings is 2. The number of hydrogen-bond acceptors (Lipinski definition) is 5. The molecule has 1 amide bonds. The van der Waals surface area contributed by atoms with Gasteiger partial charge in [0.1, 0.15) is 11.6 Å². The molecule has 152 valence electrons. The highest BCUT2D eigenvalue weighted by Gasteiger charge is 2.18. The van der Waals surface area contributed by atoms with E-state index in [1.165, 1.54) is 23.9 Å². The van der Waals surface area contributed by atoms with Crippen molar-refractivity contribution < 1.29 is 13.9 Å². The molecule has 1 N–H and O–H groups in total. The fraction of sp³-hybridized carbons (Fsp3) is 0.286. The van der Waals surface area contributed by atoms with Crippen LogP contribution in [0.3, 0.4) is 0 Å². The number of nitrogens with zero attached hydrogens (tertiary/aromatic N) is 3. The van der Waals surface area contributed by atoms with E-state index >= 15 is 0 Å². The largest absolute Gasteiger partial charge is 0.483 e. The van der Waals surface area contributed by atoms with E-state index in [2.05, 4.69) is 22.4 Å². The van der Waals surface area contributed by atoms with Gasteiger partial charge in [-0.05, 0) is 49.2 Å². The SMILES string of the molecule is CCc1ccccc1NC(=O)CSc1nnc(C(C)Oc2ccc(F)cc2)n1C. The van der Waals surface area contributed by atoms with Gasteiger partial charge in [-0.2, -0.15) is 0 Å². The highest BCUT2D eigenvalue weighted by atomic mass is 32.2. The molecule has 0 aliphatic carbocycles. The summed E-state index contributed by atoms with van der Waals surface area (Å²) in [7, 11) is 1.83. The van der Waals surface area contributed by atoms with Crippen molar-refractivity contribution in [2.45, 2.75) is 31.5 Å². The number of aromatic nitrogens is 3. The van der Waals surface area contributed by atoms with Crippen LogP contribution in [0.15, 0.2) is 53.7 Å². The van der Waals surface area contributed by atoms with E-state index in [-0.39, 0.29) is 23.6 Å². The molecule has 3 aromatic rings. The second-order valence-corrected chi connectivity index (χ2v) is 7.40. The van der Waals surface area contributed by atoms with Crippen LogP contribution in [0.5, 0.6) is 5.75 Å². The van der Waals surface area contributed by atoms with Crippen LogP contribution in [0.25, 0.3) is 0 Å². The van der Waals surface area contributed by atoms with E-state index < -0.39 is 0 Å². The van der Waals surface area contributed by atoms with Crippen molar-refractivity contribution in [3.63, 3.8) is 0 Å². The van der Waals surface area contributed by atoms with Crippen LogP contribution in [0, 0.1) is 5.82 Å². The first-order valence-corrected chi connectivity index (χ1v) is 10.3. The molecule has 1 aromatic heterocycles. The third-order valence-corrected chi connectivity index (χ3v) is 5.38. The Morgan fingerprint density at radius 2 is 1.93 bits per heavy atom. The van der Waals surface area contributed by atoms with Crippen LogP contribution >= 0.6 is 11.8 Å². The number of nitrogens with one attached hydrogen (secondary N) is 1. The number of para-hydroxylation sites is 1. The van der Waals surface area contributed by atoms with Crippen LogP contribution in [-0.2, 0) is 18.3 Å². The summed E-state index contributed by atoms with van der Waals surface area (Å²) in [4.78, 5) is 12.3. The molecule has 0 fully saturated rings. The van der Waals surface area contributed by atoms with E-state index in [9.17, 15) is 9.18 Å². The number of carbonyl (C=O) groups is 1. The van der Waals surface area contributed by atoms with Crippen molar-refractivity contribution in [2.75, 3.05) is 11.1 Å². The molecule has 29 heavy (non-hydrogen) atoms. The van der Waals surface area contributed by atoms with E-state index in [4.69, 9.17) is 4.74 Å². The Balaban J connectivity index is 1.59. The molecule has 0 bridgehead atoms. The van der Waals surface area contributed by atoms with Gasteiger partial charge in [0.15, 0.2) is 17.1 Å². The van der Waals surface area contributed by atoms with Crippen molar-refractivity contribution in [2.24, 2.45) is 7.05 Å². The predicted octanol–water partition coefficient (Wildman–Crippen LogP) is 4.39. The zero-order valence-electron chi connectivity index (χ0n) is 16.6. The molecule has 0 spiro atoms. The number of rotatable bonds is 8. The predicted molar refractivity (Wildman–Crippen MR) is 112 cm³/mol. The van der Waals surface area contributed by atoms with Gasteiger partial charge in [-0.25, -0.2) is 4.39 Å². The fourth-order valence-electron chi connectivity index (χ4n) is 2.84. The van der Waals surface area contributed by atoms with Gasteiger partial charge in [-0.1, -0.05) is 36.9 Å². The lowest BCUT2D eigenvalue weighted by Crippen LogP contribution is -2.16. The summed E-state index contributed by atoms with van der Waals surface area (Å²) in [6, 6.07) is 13.6. The molecule has 0 saturated heterocycles. The maximum Gasteiger partial charge on any atom is 0.234 e. The zero-order valence-corrected chi connectivity index (χ0v) is 17.4. The highest BCUT2D eigenvalue weighted by Crippen LogP contribution is 2.24. The molecule has 0 aliphatic rings. The highest BCUT2D eigenvalue weighted by molar-refractivity contribution is 7.99. The maximum atomic E-state index is 13.0. The van der Waals surface area contributed by atoms with Crippen LogP contribution in [0.2, 0.25) is 0 Å². The standard InChI is InChI=1S/C21H23FN4O2S/c1-4-15-7-5-6-8-18(15)23-19(27)13-29-21-25-24-20(26(21)3)14(2)28-17-11-9-16(22)10-12-17/h5-12,14H,4,13H2,1-3H3,(H,23,27). The Hall–Kier alpha value is -2.87. The monoisotopic (exact) mass is 414 g/mol. The molecule has 1 heterocycles. The zero-order chi connectivity index (χ0) is 20.8. The number of amides is 1. The molecular formula is C21H23FN4O2S. The smallest absolute Gasteiger partial charge is 0.234 e. The summed E-state index contributed by atoms with van der Waals surface area (Å²) >= 11 is 1.31. The normalized spacial score (nSPS) is 11.9. The number of hydrogen-bond donors (Lipinski definition) is 1. The van der Waals surface area contributed by atoms with Gasteiger partial charge < -0.3 is 14.6 Å². The van der Waals surface area contributed by atoms with Crippen molar-refractivity contribution in [3.05, 3.63) is 65.7 Å². The lowest BCUT2D eigenvalue weighted by molar-refractivity contribution is -0.113. The third-order valence-electron chi connectivity index (χ3n) is 4.36. The molecule has 0 radical (unpaired) electrons. The van der Waals surface area contributed by atoms with Crippen LogP contribution < -0.4 is 10.1 Å². The van der Waals surface area contributed by atoms with E-state index in [1.807, 2.05) is 38.2 Å². The Morgan fingerprint density at radius 1 is 1.21 bits per heavy atom.